The van der Waals surface area contributed by atoms with Crippen molar-refractivity contribution in [2.45, 2.75) is 6.92 Å². The summed E-state index contributed by atoms with van der Waals surface area (Å²) in [6.07, 6.45) is 0. The Balaban J connectivity index is 1.95. The number of hydrazone groups is 1. The third-order valence-corrected chi connectivity index (χ3v) is 4.20. The number of aromatic amines is 1. The van der Waals surface area contributed by atoms with Gasteiger partial charge in [-0.25, -0.2) is 10.4 Å². The van der Waals surface area contributed by atoms with Crippen LogP contribution in [-0.2, 0) is 0 Å². The molecule has 3 aromatic rings. The number of non-ortho nitro benzene ring substituents is 1. The molecule has 3 rings (SSSR count). The molecule has 0 aliphatic rings. The second-order valence-electron chi connectivity index (χ2n) is 6.09. The molecule has 0 aliphatic carbocycles. The van der Waals surface area contributed by atoms with Gasteiger partial charge in [-0.05, 0) is 31.2 Å². The van der Waals surface area contributed by atoms with E-state index < -0.39 is 10.5 Å². The van der Waals surface area contributed by atoms with Gasteiger partial charge in [0.25, 0.3) is 11.2 Å². The molecule has 0 amide bonds. The van der Waals surface area contributed by atoms with Crippen LogP contribution >= 0.6 is 0 Å². The summed E-state index contributed by atoms with van der Waals surface area (Å²) in [5.41, 5.74) is 3.53. The first-order valence-electron chi connectivity index (χ1n) is 8.67. The number of nitro benzene ring substituents is 1. The second-order valence-corrected chi connectivity index (χ2v) is 6.09. The third kappa shape index (κ3) is 4.31. The minimum absolute atomic E-state index is 0.0228. The van der Waals surface area contributed by atoms with Crippen molar-refractivity contribution < 1.29 is 9.66 Å². The van der Waals surface area contributed by atoms with Gasteiger partial charge < -0.3 is 4.74 Å². The zero-order chi connectivity index (χ0) is 21.7. The van der Waals surface area contributed by atoms with Crippen molar-refractivity contribution in [3.8, 4) is 23.1 Å². The number of anilines is 1. The number of benzene rings is 2. The zero-order valence-electron chi connectivity index (χ0n) is 16.0. The lowest BCUT2D eigenvalue weighted by atomic mass is 10.1. The molecule has 1 aromatic heterocycles. The Bertz CT molecular complexity index is 1230. The van der Waals surface area contributed by atoms with E-state index in [9.17, 15) is 20.2 Å². The van der Waals surface area contributed by atoms with Gasteiger partial charge in [-0.1, -0.05) is 12.1 Å². The number of aromatic nitrogens is 2. The van der Waals surface area contributed by atoms with Crippen LogP contribution in [0.1, 0.15) is 18.1 Å². The van der Waals surface area contributed by atoms with Crippen LogP contribution in [-0.4, -0.2) is 27.7 Å². The lowest BCUT2D eigenvalue weighted by Gasteiger charge is -2.08. The van der Waals surface area contributed by atoms with Crippen molar-refractivity contribution in [2.24, 2.45) is 5.10 Å². The summed E-state index contributed by atoms with van der Waals surface area (Å²) < 4.78 is 5.11. The Hall–Kier alpha value is -4.52. The van der Waals surface area contributed by atoms with E-state index in [0.29, 0.717) is 22.6 Å². The minimum atomic E-state index is -0.621. The first kappa shape index (κ1) is 20.2. The maximum absolute atomic E-state index is 12.3. The molecule has 0 fully saturated rings. The van der Waals surface area contributed by atoms with E-state index >= 15 is 0 Å². The standard InChI is InChI=1S/C20H16N6O4/c1-12(14-4-3-5-15(10-14)26(28)29)24-25-20-22-18(17(11-21)19(27)23-20)13-6-8-16(30-2)9-7-13/h3-10H,1-2H3,(H2,22,23,25,27)/b24-12-. The van der Waals surface area contributed by atoms with Gasteiger partial charge >= 0.3 is 0 Å². The van der Waals surface area contributed by atoms with Crippen LogP contribution in [0.3, 0.4) is 0 Å². The molecule has 0 aliphatic heterocycles. The summed E-state index contributed by atoms with van der Waals surface area (Å²) in [5.74, 6) is 0.646. The van der Waals surface area contributed by atoms with E-state index in [-0.39, 0.29) is 22.9 Å². The van der Waals surface area contributed by atoms with Crippen LogP contribution in [0.2, 0.25) is 0 Å². The number of hydrogen-bond donors (Lipinski definition) is 2. The molecule has 0 spiro atoms. The van der Waals surface area contributed by atoms with Crippen molar-refractivity contribution >= 4 is 17.3 Å². The highest BCUT2D eigenvalue weighted by Gasteiger charge is 2.14. The van der Waals surface area contributed by atoms with Crippen LogP contribution in [0, 0.1) is 21.4 Å². The van der Waals surface area contributed by atoms with E-state index in [1.165, 1.54) is 19.2 Å². The van der Waals surface area contributed by atoms with Gasteiger partial charge in [-0.2, -0.15) is 10.4 Å². The number of nitrogens with zero attached hydrogens (tertiary/aromatic N) is 4. The number of ether oxygens (including phenoxy) is 1. The molecule has 0 saturated carbocycles. The predicted molar refractivity (Wildman–Crippen MR) is 110 cm³/mol. The van der Waals surface area contributed by atoms with Crippen LogP contribution in [0.5, 0.6) is 5.75 Å². The predicted octanol–water partition coefficient (Wildman–Crippen LogP) is 3.06. The highest BCUT2D eigenvalue weighted by Crippen LogP contribution is 2.23. The Morgan fingerprint density at radius 3 is 2.67 bits per heavy atom. The smallest absolute Gasteiger partial charge is 0.270 e. The van der Waals surface area contributed by atoms with E-state index in [4.69, 9.17) is 4.74 Å². The summed E-state index contributed by atoms with van der Waals surface area (Å²) in [6.45, 7) is 1.65. The molecule has 0 atom stereocenters. The summed E-state index contributed by atoms with van der Waals surface area (Å²) in [4.78, 5) is 29.5. The number of H-pyrrole nitrogens is 1. The Morgan fingerprint density at radius 1 is 1.30 bits per heavy atom. The fourth-order valence-electron chi connectivity index (χ4n) is 2.63. The van der Waals surface area contributed by atoms with E-state index in [1.54, 1.807) is 43.3 Å². The Morgan fingerprint density at radius 2 is 2.03 bits per heavy atom. The monoisotopic (exact) mass is 404 g/mol. The summed E-state index contributed by atoms with van der Waals surface area (Å²) in [7, 11) is 1.53. The van der Waals surface area contributed by atoms with Gasteiger partial charge in [0.05, 0.1) is 23.4 Å². The number of nitro groups is 1. The van der Waals surface area contributed by atoms with Crippen molar-refractivity contribution in [2.75, 3.05) is 12.5 Å². The molecule has 2 aromatic carbocycles. The van der Waals surface area contributed by atoms with Gasteiger partial charge in [0.2, 0.25) is 5.95 Å². The minimum Gasteiger partial charge on any atom is -0.497 e. The van der Waals surface area contributed by atoms with Crippen molar-refractivity contribution in [1.82, 2.24) is 9.97 Å². The molecular weight excluding hydrogens is 388 g/mol. The lowest BCUT2D eigenvalue weighted by molar-refractivity contribution is -0.384. The summed E-state index contributed by atoms with van der Waals surface area (Å²) in [6, 6.07) is 14.6. The van der Waals surface area contributed by atoms with Crippen molar-refractivity contribution in [1.29, 1.82) is 5.26 Å². The molecule has 150 valence electrons. The van der Waals surface area contributed by atoms with Crippen LogP contribution < -0.4 is 15.7 Å². The number of methoxy groups -OCH3 is 1. The maximum Gasteiger partial charge on any atom is 0.270 e. The van der Waals surface area contributed by atoms with Crippen molar-refractivity contribution in [3.05, 3.63) is 80.1 Å². The normalized spacial score (nSPS) is 10.9. The fraction of sp³-hybridized carbons (Fsp3) is 0.100. The number of nitrogens with one attached hydrogen (secondary N) is 2. The van der Waals surface area contributed by atoms with Gasteiger partial charge in [0.15, 0.2) is 0 Å². The fourth-order valence-corrected chi connectivity index (χ4v) is 2.63. The molecule has 1 heterocycles. The first-order valence-corrected chi connectivity index (χ1v) is 8.67. The topological polar surface area (TPSA) is 146 Å². The number of rotatable bonds is 6. The molecule has 0 unspecified atom stereocenters. The average Bonchev–Trinajstić information content (AvgIpc) is 2.77. The van der Waals surface area contributed by atoms with Crippen LogP contribution in [0.4, 0.5) is 11.6 Å². The van der Waals surface area contributed by atoms with E-state index in [2.05, 4.69) is 20.5 Å². The molecule has 10 heteroatoms. The SMILES string of the molecule is COc1ccc(-c2nc(N/N=C(/C)c3cccc([N+](=O)[O-])c3)[nH]c(=O)c2C#N)cc1. The number of nitriles is 1. The third-order valence-electron chi connectivity index (χ3n) is 4.20. The van der Waals surface area contributed by atoms with E-state index in [1.807, 2.05) is 6.07 Å². The van der Waals surface area contributed by atoms with Crippen LogP contribution in [0.15, 0.2) is 58.4 Å². The zero-order valence-corrected chi connectivity index (χ0v) is 16.0. The maximum atomic E-state index is 12.3. The molecular formula is C20H16N6O4. The highest BCUT2D eigenvalue weighted by atomic mass is 16.6. The molecule has 10 nitrogen and oxygen atoms in total. The Kier molecular flexibility index (Phi) is 5.84. The molecule has 0 saturated heterocycles. The van der Waals surface area contributed by atoms with E-state index in [0.717, 1.165) is 0 Å². The van der Waals surface area contributed by atoms with Gasteiger partial charge in [-0.15, -0.1) is 0 Å². The van der Waals surface area contributed by atoms with Gasteiger partial charge in [-0.3, -0.25) is 19.9 Å². The molecule has 30 heavy (non-hydrogen) atoms. The lowest BCUT2D eigenvalue weighted by Crippen LogP contribution is -2.16. The highest BCUT2D eigenvalue weighted by molar-refractivity contribution is 5.99. The van der Waals surface area contributed by atoms with Crippen LogP contribution in [0.25, 0.3) is 11.3 Å². The van der Waals surface area contributed by atoms with Gasteiger partial charge in [0.1, 0.15) is 17.4 Å². The quantitative estimate of drug-likeness (QED) is 0.364. The summed E-state index contributed by atoms with van der Waals surface area (Å²) >= 11 is 0. The number of hydrogen-bond acceptors (Lipinski definition) is 8. The van der Waals surface area contributed by atoms with Gasteiger partial charge in [0, 0.05) is 23.3 Å². The summed E-state index contributed by atoms with van der Waals surface area (Å²) in [5, 5.41) is 24.4. The Labute approximate surface area is 170 Å². The van der Waals surface area contributed by atoms with Crippen molar-refractivity contribution in [3.63, 3.8) is 0 Å². The molecule has 0 bridgehead atoms. The molecule has 0 radical (unpaired) electrons. The first-order chi connectivity index (χ1) is 14.4. The average molecular weight is 404 g/mol. The molecule has 2 N–H and O–H groups in total. The second kappa shape index (κ2) is 8.66. The largest absolute Gasteiger partial charge is 0.497 e.